The molecule has 7 nitrogen and oxygen atoms in total. The lowest BCUT2D eigenvalue weighted by Crippen LogP contribution is -2.37. The van der Waals surface area contributed by atoms with E-state index in [9.17, 15) is 14.4 Å². The van der Waals surface area contributed by atoms with Crippen molar-refractivity contribution < 1.29 is 19.1 Å². The quantitative estimate of drug-likeness (QED) is 0.613. The number of amides is 3. The van der Waals surface area contributed by atoms with Crippen LogP contribution in [0.1, 0.15) is 12.8 Å². The van der Waals surface area contributed by atoms with Crippen LogP contribution in [0.3, 0.4) is 0 Å². The van der Waals surface area contributed by atoms with Gasteiger partial charge < -0.3 is 20.3 Å². The highest BCUT2D eigenvalue weighted by Gasteiger charge is 2.21. The molecule has 0 aromatic heterocycles. The minimum absolute atomic E-state index is 0.106. The zero-order valence-corrected chi connectivity index (χ0v) is 12.4. The van der Waals surface area contributed by atoms with Crippen LogP contribution in [0.4, 0.5) is 11.4 Å². The smallest absolute Gasteiger partial charge is 0.313 e. The van der Waals surface area contributed by atoms with Crippen LogP contribution in [0.25, 0.3) is 0 Å². The molecule has 1 heterocycles. The molecule has 0 spiro atoms. The third-order valence-electron chi connectivity index (χ3n) is 3.31. The van der Waals surface area contributed by atoms with E-state index in [4.69, 9.17) is 4.74 Å². The van der Waals surface area contributed by atoms with Gasteiger partial charge in [-0.05, 0) is 30.7 Å². The van der Waals surface area contributed by atoms with E-state index in [1.54, 1.807) is 29.2 Å². The highest BCUT2D eigenvalue weighted by molar-refractivity contribution is 6.39. The third-order valence-corrected chi connectivity index (χ3v) is 3.31. The van der Waals surface area contributed by atoms with Crippen LogP contribution in [0.15, 0.2) is 24.3 Å². The predicted octanol–water partition coefficient (Wildman–Crippen LogP) is 0.514. The predicted molar refractivity (Wildman–Crippen MR) is 81.5 cm³/mol. The summed E-state index contributed by atoms with van der Waals surface area (Å²) in [6.07, 6.45) is 1.43. The van der Waals surface area contributed by atoms with Crippen LogP contribution in [0, 0.1) is 0 Å². The number of methoxy groups -OCH3 is 1. The zero-order chi connectivity index (χ0) is 15.9. The van der Waals surface area contributed by atoms with Crippen molar-refractivity contribution in [1.29, 1.82) is 0 Å². The van der Waals surface area contributed by atoms with E-state index in [2.05, 4.69) is 10.6 Å². The van der Waals surface area contributed by atoms with Gasteiger partial charge >= 0.3 is 11.8 Å². The molecule has 1 saturated heterocycles. The highest BCUT2D eigenvalue weighted by Crippen LogP contribution is 2.22. The molecular formula is C15H19N3O4. The fraction of sp³-hybridized carbons (Fsp3) is 0.400. The average molecular weight is 305 g/mol. The maximum absolute atomic E-state index is 11.7. The number of nitrogens with zero attached hydrogens (tertiary/aromatic N) is 1. The van der Waals surface area contributed by atoms with Crippen molar-refractivity contribution in [3.05, 3.63) is 24.3 Å². The lowest BCUT2D eigenvalue weighted by Gasteiger charge is -2.16. The van der Waals surface area contributed by atoms with Gasteiger partial charge in [0.1, 0.15) is 0 Å². The second kappa shape index (κ2) is 7.56. The standard InChI is InChI=1S/C15H19N3O4/c1-22-10-8-16-14(20)15(21)17-11-4-6-12(7-5-11)18-9-2-3-13(18)19/h4-7H,2-3,8-10H2,1H3,(H,16,20)(H,17,21). The lowest BCUT2D eigenvalue weighted by atomic mass is 10.2. The number of ether oxygens (including phenoxy) is 1. The summed E-state index contributed by atoms with van der Waals surface area (Å²) in [4.78, 5) is 36.5. The lowest BCUT2D eigenvalue weighted by molar-refractivity contribution is -0.136. The van der Waals surface area contributed by atoms with Gasteiger partial charge in [-0.25, -0.2) is 0 Å². The van der Waals surface area contributed by atoms with Crippen LogP contribution in [-0.2, 0) is 19.1 Å². The monoisotopic (exact) mass is 305 g/mol. The summed E-state index contributed by atoms with van der Waals surface area (Å²) in [5.41, 5.74) is 1.30. The number of hydrogen-bond donors (Lipinski definition) is 2. The van der Waals surface area contributed by atoms with E-state index in [0.717, 1.165) is 12.1 Å². The van der Waals surface area contributed by atoms with Crippen molar-refractivity contribution in [1.82, 2.24) is 5.32 Å². The van der Waals surface area contributed by atoms with E-state index in [-0.39, 0.29) is 12.5 Å². The Morgan fingerprint density at radius 3 is 2.55 bits per heavy atom. The molecule has 0 unspecified atom stereocenters. The molecule has 1 aromatic carbocycles. The van der Waals surface area contributed by atoms with Gasteiger partial charge in [-0.15, -0.1) is 0 Å². The van der Waals surface area contributed by atoms with Crippen molar-refractivity contribution in [2.24, 2.45) is 0 Å². The number of rotatable bonds is 5. The molecule has 0 bridgehead atoms. The summed E-state index contributed by atoms with van der Waals surface area (Å²) in [6.45, 7) is 1.34. The minimum Gasteiger partial charge on any atom is -0.383 e. The molecule has 0 atom stereocenters. The maximum atomic E-state index is 11.7. The molecule has 22 heavy (non-hydrogen) atoms. The van der Waals surface area contributed by atoms with E-state index in [1.165, 1.54) is 7.11 Å². The molecule has 2 N–H and O–H groups in total. The Balaban J connectivity index is 1.89. The fourth-order valence-corrected chi connectivity index (χ4v) is 2.18. The first kappa shape index (κ1) is 16.0. The molecular weight excluding hydrogens is 286 g/mol. The second-order valence-corrected chi connectivity index (χ2v) is 4.90. The van der Waals surface area contributed by atoms with Gasteiger partial charge in [0.15, 0.2) is 0 Å². The summed E-state index contributed by atoms with van der Waals surface area (Å²) in [7, 11) is 1.51. The molecule has 0 saturated carbocycles. The molecule has 0 aliphatic carbocycles. The summed E-state index contributed by atoms with van der Waals surface area (Å²) in [5.74, 6) is -1.34. The first-order valence-electron chi connectivity index (χ1n) is 7.10. The largest absolute Gasteiger partial charge is 0.383 e. The van der Waals surface area contributed by atoms with Crippen molar-refractivity contribution in [2.75, 3.05) is 37.0 Å². The van der Waals surface area contributed by atoms with Crippen LogP contribution in [0.2, 0.25) is 0 Å². The van der Waals surface area contributed by atoms with E-state index in [1.807, 2.05) is 0 Å². The first-order valence-corrected chi connectivity index (χ1v) is 7.10. The molecule has 7 heteroatoms. The topological polar surface area (TPSA) is 87.7 Å². The van der Waals surface area contributed by atoms with Gasteiger partial charge in [-0.1, -0.05) is 0 Å². The Morgan fingerprint density at radius 1 is 1.23 bits per heavy atom. The van der Waals surface area contributed by atoms with Crippen molar-refractivity contribution >= 4 is 29.1 Å². The molecule has 1 aliphatic rings. The summed E-state index contributed by atoms with van der Waals surface area (Å²) in [5, 5.41) is 4.94. The molecule has 1 aromatic rings. The SMILES string of the molecule is COCCNC(=O)C(=O)Nc1ccc(N2CCCC2=O)cc1. The van der Waals surface area contributed by atoms with Gasteiger partial charge in [0.2, 0.25) is 5.91 Å². The molecule has 1 fully saturated rings. The molecule has 2 rings (SSSR count). The second-order valence-electron chi connectivity index (χ2n) is 4.90. The number of anilines is 2. The van der Waals surface area contributed by atoms with Crippen LogP contribution >= 0.6 is 0 Å². The van der Waals surface area contributed by atoms with Crippen LogP contribution in [-0.4, -0.2) is 44.5 Å². The molecule has 0 radical (unpaired) electrons. The average Bonchev–Trinajstić information content (AvgIpc) is 2.94. The Bertz CT molecular complexity index is 556. The third kappa shape index (κ3) is 4.05. The number of hydrogen-bond acceptors (Lipinski definition) is 4. The van der Waals surface area contributed by atoms with Crippen molar-refractivity contribution in [3.8, 4) is 0 Å². The zero-order valence-electron chi connectivity index (χ0n) is 12.4. The Kier molecular flexibility index (Phi) is 5.48. The number of nitrogens with one attached hydrogen (secondary N) is 2. The van der Waals surface area contributed by atoms with E-state index >= 15 is 0 Å². The Hall–Kier alpha value is -2.41. The molecule has 118 valence electrons. The van der Waals surface area contributed by atoms with E-state index < -0.39 is 11.8 Å². The molecule has 1 aliphatic heterocycles. The van der Waals surface area contributed by atoms with Gasteiger partial charge in [0.05, 0.1) is 6.61 Å². The highest BCUT2D eigenvalue weighted by atomic mass is 16.5. The number of carbonyl (C=O) groups is 3. The fourth-order valence-electron chi connectivity index (χ4n) is 2.18. The van der Waals surface area contributed by atoms with Crippen molar-refractivity contribution in [3.63, 3.8) is 0 Å². The number of benzene rings is 1. The first-order chi connectivity index (χ1) is 10.6. The summed E-state index contributed by atoms with van der Waals surface area (Å²) in [6, 6.07) is 6.84. The van der Waals surface area contributed by atoms with Gasteiger partial charge in [-0.2, -0.15) is 0 Å². The van der Waals surface area contributed by atoms with Crippen LogP contribution < -0.4 is 15.5 Å². The Labute approximate surface area is 128 Å². The Morgan fingerprint density at radius 2 is 1.95 bits per heavy atom. The minimum atomic E-state index is -0.735. The normalized spacial score (nSPS) is 14.0. The summed E-state index contributed by atoms with van der Waals surface area (Å²) >= 11 is 0. The van der Waals surface area contributed by atoms with Gasteiger partial charge in [0, 0.05) is 38.0 Å². The number of carbonyl (C=O) groups excluding carboxylic acids is 3. The van der Waals surface area contributed by atoms with Gasteiger partial charge in [0.25, 0.3) is 0 Å². The maximum Gasteiger partial charge on any atom is 0.313 e. The van der Waals surface area contributed by atoms with Crippen LogP contribution in [0.5, 0.6) is 0 Å². The van der Waals surface area contributed by atoms with Crippen molar-refractivity contribution in [2.45, 2.75) is 12.8 Å². The van der Waals surface area contributed by atoms with Gasteiger partial charge in [-0.3, -0.25) is 14.4 Å². The summed E-state index contributed by atoms with van der Waals surface area (Å²) < 4.78 is 4.78. The van der Waals surface area contributed by atoms with E-state index in [0.29, 0.717) is 25.3 Å². The molecule has 3 amide bonds.